The molecule has 5 heteroatoms. The minimum atomic E-state index is 0.468. The van der Waals surface area contributed by atoms with Crippen LogP contribution in [0, 0.1) is 11.5 Å². The van der Waals surface area contributed by atoms with E-state index in [1.165, 1.54) is 11.8 Å². The van der Waals surface area contributed by atoms with Crippen LogP contribution in [0.3, 0.4) is 0 Å². The van der Waals surface area contributed by atoms with Crippen molar-refractivity contribution in [3.05, 3.63) is 0 Å². The molecule has 0 aliphatic carbocycles. The van der Waals surface area contributed by atoms with E-state index >= 15 is 0 Å². The molecule has 0 unspecified atom stereocenters. The highest BCUT2D eigenvalue weighted by molar-refractivity contribution is 8.14. The first-order valence-electron chi connectivity index (χ1n) is 2.25. The Morgan fingerprint density at radius 1 is 1.89 bits per heavy atom. The Morgan fingerprint density at radius 3 is 3.11 bits per heavy atom. The van der Waals surface area contributed by atoms with Gasteiger partial charge in [-0.05, 0) is 0 Å². The second-order valence-corrected chi connectivity index (χ2v) is 2.33. The van der Waals surface area contributed by atoms with Gasteiger partial charge in [0.25, 0.3) is 0 Å². The summed E-state index contributed by atoms with van der Waals surface area (Å²) in [6, 6.07) is 0. The molecular weight excluding hydrogens is 136 g/mol. The fraction of sp³-hybridized carbons (Fsp3) is 0.250. The smallest absolute Gasteiger partial charge is 0.208 e. The van der Waals surface area contributed by atoms with E-state index in [0.717, 1.165) is 0 Å². The highest BCUT2D eigenvalue weighted by Crippen LogP contribution is 2.11. The highest BCUT2D eigenvalue weighted by Gasteiger charge is 2.08. The lowest BCUT2D eigenvalue weighted by molar-refractivity contribution is 1.43. The Bertz CT molecular complexity index is 211. The second kappa shape index (κ2) is 2.51. The Kier molecular flexibility index (Phi) is 1.70. The van der Waals surface area contributed by atoms with Crippen LogP contribution < -0.4 is 5.73 Å². The molecular formula is C4H4N4S. The predicted octanol–water partition coefficient (Wildman–Crippen LogP) is -0.0725. The van der Waals surface area contributed by atoms with Crippen molar-refractivity contribution in [3.8, 4) is 6.19 Å². The van der Waals surface area contributed by atoms with Crippen LogP contribution in [0.2, 0.25) is 0 Å². The third kappa shape index (κ3) is 1.44. The van der Waals surface area contributed by atoms with Gasteiger partial charge in [-0.1, -0.05) is 11.8 Å². The van der Waals surface area contributed by atoms with Crippen LogP contribution in [0.15, 0.2) is 9.98 Å². The molecule has 0 radical (unpaired) electrons. The molecule has 2 N–H and O–H groups in total. The van der Waals surface area contributed by atoms with E-state index in [1.807, 2.05) is 0 Å². The van der Waals surface area contributed by atoms with Crippen molar-refractivity contribution in [1.82, 2.24) is 0 Å². The van der Waals surface area contributed by atoms with Crippen LogP contribution in [0.1, 0.15) is 0 Å². The molecule has 4 nitrogen and oxygen atoms in total. The number of hydrogen-bond donors (Lipinski definition) is 1. The van der Waals surface area contributed by atoms with E-state index < -0.39 is 0 Å². The first kappa shape index (κ1) is 6.11. The van der Waals surface area contributed by atoms with E-state index in [4.69, 9.17) is 11.0 Å². The van der Waals surface area contributed by atoms with E-state index in [0.29, 0.717) is 16.8 Å². The van der Waals surface area contributed by atoms with E-state index in [2.05, 4.69) is 9.98 Å². The van der Waals surface area contributed by atoms with Gasteiger partial charge in [-0.2, -0.15) is 5.26 Å². The molecule has 9 heavy (non-hydrogen) atoms. The Balaban J connectivity index is 2.70. The molecule has 46 valence electrons. The summed E-state index contributed by atoms with van der Waals surface area (Å²) in [5, 5.41) is 8.52. The lowest BCUT2D eigenvalue weighted by atomic mass is 10.7. The number of nitriles is 1. The van der Waals surface area contributed by atoms with Gasteiger partial charge in [-0.25, -0.2) is 4.99 Å². The third-order valence-corrected chi connectivity index (χ3v) is 1.61. The van der Waals surface area contributed by atoms with Crippen molar-refractivity contribution >= 4 is 22.8 Å². The maximum Gasteiger partial charge on any atom is 0.208 e. The second-order valence-electron chi connectivity index (χ2n) is 1.39. The molecule has 1 rings (SSSR count). The largest absolute Gasteiger partial charge is 0.386 e. The van der Waals surface area contributed by atoms with Gasteiger partial charge in [0.05, 0.1) is 5.75 Å². The van der Waals surface area contributed by atoms with Crippen LogP contribution in [0.5, 0.6) is 0 Å². The summed E-state index contributed by atoms with van der Waals surface area (Å²) >= 11 is 1.37. The van der Waals surface area contributed by atoms with Gasteiger partial charge in [0.2, 0.25) is 11.4 Å². The monoisotopic (exact) mass is 140 g/mol. The zero-order valence-corrected chi connectivity index (χ0v) is 5.35. The van der Waals surface area contributed by atoms with E-state index in [-0.39, 0.29) is 0 Å². The van der Waals surface area contributed by atoms with Gasteiger partial charge < -0.3 is 5.73 Å². The average Bonchev–Trinajstić information content (AvgIpc) is 2.17. The minimum Gasteiger partial charge on any atom is -0.386 e. The molecule has 0 spiro atoms. The molecule has 0 aromatic heterocycles. The quantitative estimate of drug-likeness (QED) is 0.478. The summed E-state index contributed by atoms with van der Waals surface area (Å²) in [6.07, 6.45) is 1.63. The molecule has 0 fully saturated rings. The molecule has 0 amide bonds. The summed E-state index contributed by atoms with van der Waals surface area (Å²) in [6.45, 7) is 0. The summed E-state index contributed by atoms with van der Waals surface area (Å²) < 4.78 is 0. The maximum atomic E-state index is 8.05. The van der Waals surface area contributed by atoms with Crippen LogP contribution in [0.25, 0.3) is 0 Å². The first-order chi connectivity index (χ1) is 4.33. The molecule has 0 bridgehead atoms. The number of aliphatic imine (C=N–C) groups is 2. The number of rotatable bonds is 0. The van der Waals surface area contributed by atoms with Gasteiger partial charge in [0.15, 0.2) is 0 Å². The number of nitrogens with two attached hydrogens (primary N) is 1. The van der Waals surface area contributed by atoms with Gasteiger partial charge in [0.1, 0.15) is 5.84 Å². The molecule has 1 aliphatic rings. The molecule has 1 heterocycles. The number of thioether (sulfide) groups is 1. The highest BCUT2D eigenvalue weighted by atomic mass is 32.2. The van der Waals surface area contributed by atoms with Gasteiger partial charge in [0, 0.05) is 0 Å². The summed E-state index contributed by atoms with van der Waals surface area (Å²) in [4.78, 5) is 7.15. The average molecular weight is 140 g/mol. The van der Waals surface area contributed by atoms with Gasteiger partial charge >= 0.3 is 0 Å². The molecule has 0 aromatic rings. The first-order valence-corrected chi connectivity index (χ1v) is 3.24. The lowest BCUT2D eigenvalue weighted by Crippen LogP contribution is -2.09. The fourth-order valence-corrected chi connectivity index (χ4v) is 1.05. The van der Waals surface area contributed by atoms with Crippen molar-refractivity contribution in [1.29, 1.82) is 5.26 Å². The standard InChI is InChI=1S/C4H4N4S/c5-2-7-4-8-3(6)1-9-4/h1H2,(H2,6,7,8). The fourth-order valence-electron chi connectivity index (χ4n) is 0.426. The zero-order valence-electron chi connectivity index (χ0n) is 4.53. The van der Waals surface area contributed by atoms with Crippen molar-refractivity contribution in [2.24, 2.45) is 15.7 Å². The molecule has 0 saturated carbocycles. The number of hydrogen-bond acceptors (Lipinski definition) is 4. The third-order valence-electron chi connectivity index (χ3n) is 0.734. The summed E-state index contributed by atoms with van der Waals surface area (Å²) in [7, 11) is 0. The summed E-state index contributed by atoms with van der Waals surface area (Å²) in [5.74, 6) is 1.19. The molecule has 1 aliphatic heterocycles. The molecule has 0 atom stereocenters. The summed E-state index contributed by atoms with van der Waals surface area (Å²) in [5.41, 5.74) is 5.29. The van der Waals surface area contributed by atoms with E-state index in [9.17, 15) is 0 Å². The van der Waals surface area contributed by atoms with Gasteiger partial charge in [-0.3, -0.25) is 0 Å². The van der Waals surface area contributed by atoms with Crippen molar-refractivity contribution < 1.29 is 0 Å². The van der Waals surface area contributed by atoms with Gasteiger partial charge in [-0.15, -0.1) is 4.99 Å². The maximum absolute atomic E-state index is 8.05. The topological polar surface area (TPSA) is 74.5 Å². The lowest BCUT2D eigenvalue weighted by Gasteiger charge is -1.78. The van der Waals surface area contributed by atoms with Crippen LogP contribution >= 0.6 is 11.8 Å². The van der Waals surface area contributed by atoms with Crippen molar-refractivity contribution in [3.63, 3.8) is 0 Å². The van der Waals surface area contributed by atoms with Crippen LogP contribution in [0.4, 0.5) is 0 Å². The predicted molar refractivity (Wildman–Crippen MR) is 37.1 cm³/mol. The number of nitrogens with zero attached hydrogens (tertiary/aromatic N) is 3. The Hall–Kier alpha value is -1.02. The van der Waals surface area contributed by atoms with E-state index in [1.54, 1.807) is 6.19 Å². The molecule has 0 saturated heterocycles. The number of amidine groups is 2. The Morgan fingerprint density at radius 2 is 2.67 bits per heavy atom. The van der Waals surface area contributed by atoms with Crippen molar-refractivity contribution in [2.75, 3.05) is 5.75 Å². The van der Waals surface area contributed by atoms with Crippen molar-refractivity contribution in [2.45, 2.75) is 0 Å². The van der Waals surface area contributed by atoms with Crippen LogP contribution in [-0.2, 0) is 0 Å². The zero-order chi connectivity index (χ0) is 6.69. The minimum absolute atomic E-state index is 0.468. The van der Waals surface area contributed by atoms with Crippen LogP contribution in [-0.4, -0.2) is 16.8 Å². The normalized spacial score (nSPS) is 21.7. The Labute approximate surface area is 56.5 Å². The molecule has 0 aromatic carbocycles. The SMILES string of the molecule is N#CN=C1N=C(N)CS1.